The number of hydrogen-bond acceptors (Lipinski definition) is 3. The van der Waals surface area contributed by atoms with Gasteiger partial charge in [0.15, 0.2) is 0 Å². The molecule has 2 aliphatic rings. The number of carbonyl (C=O) groups is 1. The second-order valence-corrected chi connectivity index (χ2v) is 4.82. The molecule has 2 rings (SSSR count). The van der Waals surface area contributed by atoms with Crippen LogP contribution in [-0.2, 0) is 4.79 Å². The molecule has 0 unspecified atom stereocenters. The van der Waals surface area contributed by atoms with E-state index in [0.29, 0.717) is 12.6 Å². The zero-order valence-electron chi connectivity index (χ0n) is 9.11. The van der Waals surface area contributed by atoms with Crippen molar-refractivity contribution in [2.75, 3.05) is 13.2 Å². The first-order valence-electron chi connectivity index (χ1n) is 5.88. The summed E-state index contributed by atoms with van der Waals surface area (Å²) < 4.78 is 0. The highest BCUT2D eigenvalue weighted by molar-refractivity contribution is 5.87. The Morgan fingerprint density at radius 2 is 2.07 bits per heavy atom. The van der Waals surface area contributed by atoms with Crippen molar-refractivity contribution in [2.24, 2.45) is 5.73 Å². The van der Waals surface area contributed by atoms with Crippen LogP contribution in [-0.4, -0.2) is 40.6 Å². The van der Waals surface area contributed by atoms with Crippen molar-refractivity contribution >= 4 is 5.91 Å². The van der Waals surface area contributed by atoms with Crippen molar-refractivity contribution in [3.8, 4) is 0 Å². The normalized spacial score (nSPS) is 24.1. The summed E-state index contributed by atoms with van der Waals surface area (Å²) in [7, 11) is 0. The Morgan fingerprint density at radius 3 is 2.40 bits per heavy atom. The molecule has 0 saturated heterocycles. The van der Waals surface area contributed by atoms with Gasteiger partial charge in [0.25, 0.3) is 0 Å². The lowest BCUT2D eigenvalue weighted by Crippen LogP contribution is -2.62. The SMILES string of the molecule is NC1(C(=O)N(CCO)C2CCC2)CCC1. The third-order valence-electron chi connectivity index (χ3n) is 3.79. The molecule has 2 fully saturated rings. The van der Waals surface area contributed by atoms with Gasteiger partial charge in [-0.15, -0.1) is 0 Å². The predicted octanol–water partition coefficient (Wildman–Crippen LogP) is 0.241. The molecule has 0 aromatic carbocycles. The van der Waals surface area contributed by atoms with Gasteiger partial charge in [-0.05, 0) is 38.5 Å². The first-order valence-corrected chi connectivity index (χ1v) is 5.88. The molecule has 0 heterocycles. The van der Waals surface area contributed by atoms with Crippen LogP contribution in [0.3, 0.4) is 0 Å². The van der Waals surface area contributed by atoms with Gasteiger partial charge >= 0.3 is 0 Å². The molecule has 2 aliphatic carbocycles. The van der Waals surface area contributed by atoms with E-state index in [1.807, 2.05) is 4.90 Å². The Hall–Kier alpha value is -0.610. The Kier molecular flexibility index (Phi) is 2.98. The molecule has 2 saturated carbocycles. The molecule has 0 aromatic heterocycles. The number of aliphatic hydroxyl groups is 1. The van der Waals surface area contributed by atoms with Gasteiger partial charge in [0.2, 0.25) is 5.91 Å². The van der Waals surface area contributed by atoms with Gasteiger partial charge in [-0.1, -0.05) is 0 Å². The van der Waals surface area contributed by atoms with Crippen molar-refractivity contribution in [2.45, 2.75) is 50.1 Å². The second kappa shape index (κ2) is 4.10. The van der Waals surface area contributed by atoms with Crippen LogP contribution < -0.4 is 5.73 Å². The largest absolute Gasteiger partial charge is 0.395 e. The summed E-state index contributed by atoms with van der Waals surface area (Å²) in [4.78, 5) is 14.0. The zero-order chi connectivity index (χ0) is 10.9. The molecule has 4 nitrogen and oxygen atoms in total. The Bertz CT molecular complexity index is 247. The van der Waals surface area contributed by atoms with E-state index in [-0.39, 0.29) is 12.5 Å². The minimum absolute atomic E-state index is 0.0400. The van der Waals surface area contributed by atoms with Crippen LogP contribution >= 0.6 is 0 Å². The molecule has 0 radical (unpaired) electrons. The fourth-order valence-corrected chi connectivity index (χ4v) is 2.31. The van der Waals surface area contributed by atoms with E-state index in [4.69, 9.17) is 10.8 Å². The highest BCUT2D eigenvalue weighted by atomic mass is 16.3. The molecular weight excluding hydrogens is 192 g/mol. The van der Waals surface area contributed by atoms with Crippen LogP contribution in [0.2, 0.25) is 0 Å². The lowest BCUT2D eigenvalue weighted by atomic mass is 9.75. The fraction of sp³-hybridized carbons (Fsp3) is 0.909. The summed E-state index contributed by atoms with van der Waals surface area (Å²) in [6.45, 7) is 0.487. The van der Waals surface area contributed by atoms with Crippen molar-refractivity contribution in [3.63, 3.8) is 0 Å². The van der Waals surface area contributed by atoms with Gasteiger partial charge in [0, 0.05) is 12.6 Å². The zero-order valence-corrected chi connectivity index (χ0v) is 9.11. The van der Waals surface area contributed by atoms with Gasteiger partial charge < -0.3 is 15.7 Å². The maximum absolute atomic E-state index is 12.2. The highest BCUT2D eigenvalue weighted by Gasteiger charge is 2.44. The molecule has 0 bridgehead atoms. The number of nitrogens with two attached hydrogens (primary N) is 1. The minimum atomic E-state index is -0.606. The maximum atomic E-state index is 12.2. The molecular formula is C11H20N2O2. The van der Waals surface area contributed by atoms with Crippen molar-refractivity contribution in [1.82, 2.24) is 4.90 Å². The summed E-state index contributed by atoms with van der Waals surface area (Å²) >= 11 is 0. The topological polar surface area (TPSA) is 66.6 Å². The molecule has 86 valence electrons. The van der Waals surface area contributed by atoms with Crippen LogP contribution in [0.5, 0.6) is 0 Å². The van der Waals surface area contributed by atoms with Crippen LogP contribution in [0.15, 0.2) is 0 Å². The van der Waals surface area contributed by atoms with Gasteiger partial charge in [0.05, 0.1) is 12.1 Å². The molecule has 1 amide bonds. The van der Waals surface area contributed by atoms with Crippen molar-refractivity contribution < 1.29 is 9.90 Å². The van der Waals surface area contributed by atoms with Gasteiger partial charge in [-0.2, -0.15) is 0 Å². The quantitative estimate of drug-likeness (QED) is 0.701. The number of rotatable bonds is 4. The third kappa shape index (κ3) is 1.88. The number of aliphatic hydroxyl groups excluding tert-OH is 1. The minimum Gasteiger partial charge on any atom is -0.395 e. The third-order valence-corrected chi connectivity index (χ3v) is 3.79. The van der Waals surface area contributed by atoms with Crippen molar-refractivity contribution in [1.29, 1.82) is 0 Å². The lowest BCUT2D eigenvalue weighted by Gasteiger charge is -2.45. The van der Waals surface area contributed by atoms with Gasteiger partial charge in [-0.25, -0.2) is 0 Å². The average molecular weight is 212 g/mol. The van der Waals surface area contributed by atoms with Gasteiger partial charge in [-0.3, -0.25) is 4.79 Å². The summed E-state index contributed by atoms with van der Waals surface area (Å²) in [5.74, 6) is 0.0625. The van der Waals surface area contributed by atoms with Crippen LogP contribution in [0.25, 0.3) is 0 Å². The van der Waals surface area contributed by atoms with E-state index in [1.165, 1.54) is 6.42 Å². The fourth-order valence-electron chi connectivity index (χ4n) is 2.31. The summed E-state index contributed by atoms with van der Waals surface area (Å²) in [5.41, 5.74) is 5.41. The van der Waals surface area contributed by atoms with E-state index in [9.17, 15) is 4.79 Å². The van der Waals surface area contributed by atoms with E-state index >= 15 is 0 Å². The van der Waals surface area contributed by atoms with Crippen LogP contribution in [0, 0.1) is 0 Å². The second-order valence-electron chi connectivity index (χ2n) is 4.82. The van der Waals surface area contributed by atoms with E-state index in [1.54, 1.807) is 0 Å². The van der Waals surface area contributed by atoms with Crippen LogP contribution in [0.4, 0.5) is 0 Å². The molecule has 0 aromatic rings. The van der Waals surface area contributed by atoms with Gasteiger partial charge in [0.1, 0.15) is 0 Å². The molecule has 0 atom stereocenters. The number of nitrogens with zero attached hydrogens (tertiary/aromatic N) is 1. The lowest BCUT2D eigenvalue weighted by molar-refractivity contribution is -0.145. The number of hydrogen-bond donors (Lipinski definition) is 2. The molecule has 15 heavy (non-hydrogen) atoms. The predicted molar refractivity (Wildman–Crippen MR) is 57.2 cm³/mol. The molecule has 0 spiro atoms. The first kappa shape index (κ1) is 10.9. The number of carbonyl (C=O) groups excluding carboxylic acids is 1. The molecule has 4 heteroatoms. The highest BCUT2D eigenvalue weighted by Crippen LogP contribution is 2.34. The summed E-state index contributed by atoms with van der Waals surface area (Å²) in [6.07, 6.45) is 6.00. The monoisotopic (exact) mass is 212 g/mol. The Morgan fingerprint density at radius 1 is 1.40 bits per heavy atom. The summed E-state index contributed by atoms with van der Waals surface area (Å²) in [5, 5.41) is 8.98. The average Bonchev–Trinajstić information content (AvgIpc) is 2.09. The number of amides is 1. The Labute approximate surface area is 90.4 Å². The van der Waals surface area contributed by atoms with E-state index in [0.717, 1.165) is 32.1 Å². The van der Waals surface area contributed by atoms with Crippen molar-refractivity contribution in [3.05, 3.63) is 0 Å². The first-order chi connectivity index (χ1) is 7.17. The maximum Gasteiger partial charge on any atom is 0.242 e. The van der Waals surface area contributed by atoms with Crippen LogP contribution in [0.1, 0.15) is 38.5 Å². The molecule has 0 aliphatic heterocycles. The standard InChI is InChI=1S/C11H20N2O2/c12-11(5-2-6-11)10(15)13(7-8-14)9-3-1-4-9/h9,14H,1-8,12H2. The summed E-state index contributed by atoms with van der Waals surface area (Å²) in [6, 6.07) is 0.339. The van der Waals surface area contributed by atoms with E-state index in [2.05, 4.69) is 0 Å². The molecule has 3 N–H and O–H groups in total. The van der Waals surface area contributed by atoms with E-state index < -0.39 is 5.54 Å². The smallest absolute Gasteiger partial charge is 0.242 e. The Balaban J connectivity index is 1.99.